The molecule has 4 nitrogen and oxygen atoms in total. The van der Waals surface area contributed by atoms with Gasteiger partial charge in [-0.05, 0) is 44.0 Å². The molecule has 3 rings (SSSR count). The minimum Gasteiger partial charge on any atom is -0.508 e. The highest BCUT2D eigenvalue weighted by atomic mass is 32.1. The number of rotatable bonds is 3. The zero-order valence-corrected chi connectivity index (χ0v) is 12.6. The van der Waals surface area contributed by atoms with Gasteiger partial charge in [0.15, 0.2) is 4.96 Å². The van der Waals surface area contributed by atoms with Gasteiger partial charge in [0, 0.05) is 17.3 Å². The number of imidazole rings is 1. The summed E-state index contributed by atoms with van der Waals surface area (Å²) in [6, 6.07) is 3.77. The summed E-state index contributed by atoms with van der Waals surface area (Å²) < 4.78 is 2.12. The molecule has 0 spiro atoms. The highest BCUT2D eigenvalue weighted by molar-refractivity contribution is 7.15. The number of anilines is 1. The second-order valence-corrected chi connectivity index (χ2v) is 5.88. The van der Waals surface area contributed by atoms with Gasteiger partial charge in [-0.3, -0.25) is 4.40 Å². The molecule has 0 saturated heterocycles. The van der Waals surface area contributed by atoms with Gasteiger partial charge in [0.1, 0.15) is 5.75 Å². The largest absolute Gasteiger partial charge is 0.508 e. The Morgan fingerprint density at radius 2 is 2.05 bits per heavy atom. The number of aromatic nitrogens is 2. The van der Waals surface area contributed by atoms with Gasteiger partial charge in [-0.2, -0.15) is 0 Å². The van der Waals surface area contributed by atoms with Crippen LogP contribution in [0, 0.1) is 20.8 Å². The maximum Gasteiger partial charge on any atom is 0.194 e. The van der Waals surface area contributed by atoms with E-state index < -0.39 is 0 Å². The Morgan fingerprint density at radius 1 is 1.25 bits per heavy atom. The lowest BCUT2D eigenvalue weighted by Crippen LogP contribution is -2.05. The van der Waals surface area contributed by atoms with Crippen LogP contribution < -0.4 is 5.32 Å². The van der Waals surface area contributed by atoms with E-state index in [2.05, 4.69) is 14.7 Å². The molecule has 2 N–H and O–H groups in total. The van der Waals surface area contributed by atoms with E-state index in [1.54, 1.807) is 17.4 Å². The first-order chi connectivity index (χ1) is 9.56. The zero-order chi connectivity index (χ0) is 14.3. The van der Waals surface area contributed by atoms with E-state index in [9.17, 15) is 5.11 Å². The van der Waals surface area contributed by atoms with Crippen LogP contribution in [0.1, 0.15) is 22.5 Å². The predicted molar refractivity (Wildman–Crippen MR) is 82.7 cm³/mol. The molecule has 3 aromatic rings. The van der Waals surface area contributed by atoms with Gasteiger partial charge < -0.3 is 10.4 Å². The average Bonchev–Trinajstić information content (AvgIpc) is 2.93. The smallest absolute Gasteiger partial charge is 0.194 e. The maximum atomic E-state index is 9.69. The highest BCUT2D eigenvalue weighted by Crippen LogP contribution is 2.26. The van der Waals surface area contributed by atoms with Gasteiger partial charge in [-0.15, -0.1) is 11.3 Å². The van der Waals surface area contributed by atoms with Gasteiger partial charge in [0.05, 0.1) is 17.9 Å². The molecule has 5 heteroatoms. The van der Waals surface area contributed by atoms with E-state index in [1.807, 2.05) is 38.4 Å². The molecule has 0 radical (unpaired) electrons. The van der Waals surface area contributed by atoms with Crippen LogP contribution in [0.2, 0.25) is 0 Å². The maximum absolute atomic E-state index is 9.69. The predicted octanol–water partition coefficient (Wildman–Crippen LogP) is 3.64. The van der Waals surface area contributed by atoms with Crippen LogP contribution in [0.15, 0.2) is 23.7 Å². The summed E-state index contributed by atoms with van der Waals surface area (Å²) in [4.78, 5) is 5.57. The third-order valence-electron chi connectivity index (χ3n) is 3.55. The first-order valence-electron chi connectivity index (χ1n) is 6.51. The molecule has 0 bridgehead atoms. The number of thiazole rings is 1. The fourth-order valence-electron chi connectivity index (χ4n) is 2.32. The molecule has 0 aliphatic heterocycles. The van der Waals surface area contributed by atoms with Crippen molar-refractivity contribution in [1.82, 2.24) is 9.38 Å². The van der Waals surface area contributed by atoms with Crippen LogP contribution in [-0.4, -0.2) is 14.5 Å². The second-order valence-electron chi connectivity index (χ2n) is 5.01. The van der Waals surface area contributed by atoms with Gasteiger partial charge in [0.2, 0.25) is 0 Å². The molecule has 0 unspecified atom stereocenters. The lowest BCUT2D eigenvalue weighted by Gasteiger charge is -2.11. The summed E-state index contributed by atoms with van der Waals surface area (Å²) in [6.07, 6.45) is 2.05. The number of fused-ring (bicyclic) bond motifs is 1. The van der Waals surface area contributed by atoms with Crippen LogP contribution in [0.3, 0.4) is 0 Å². The number of phenolic OH excluding ortho intramolecular Hbond substituents is 1. The van der Waals surface area contributed by atoms with Crippen molar-refractivity contribution in [2.45, 2.75) is 27.3 Å². The summed E-state index contributed by atoms with van der Waals surface area (Å²) in [5.41, 5.74) is 5.19. The van der Waals surface area contributed by atoms with Crippen LogP contribution in [0.25, 0.3) is 4.96 Å². The standard InChI is InChI=1S/C15H17N3OS/c1-9-7-14(19)10(2)6-12(9)16-8-13-11(3)17-15-18(13)4-5-20-15/h4-7,16,19H,8H2,1-3H3. The third kappa shape index (κ3) is 2.14. The number of aryl methyl sites for hydroxylation is 3. The van der Waals surface area contributed by atoms with Crippen molar-refractivity contribution in [1.29, 1.82) is 0 Å². The Bertz CT molecular complexity index is 773. The fraction of sp³-hybridized carbons (Fsp3) is 0.267. The molecule has 0 aliphatic carbocycles. The van der Waals surface area contributed by atoms with Crippen LogP contribution in [-0.2, 0) is 6.54 Å². The van der Waals surface area contributed by atoms with Crippen molar-refractivity contribution in [3.63, 3.8) is 0 Å². The summed E-state index contributed by atoms with van der Waals surface area (Å²) in [6.45, 7) is 6.65. The zero-order valence-electron chi connectivity index (χ0n) is 11.8. The summed E-state index contributed by atoms with van der Waals surface area (Å²) in [5.74, 6) is 0.341. The van der Waals surface area contributed by atoms with Gasteiger partial charge >= 0.3 is 0 Å². The van der Waals surface area contributed by atoms with Gasteiger partial charge in [-0.1, -0.05) is 0 Å². The SMILES string of the molecule is Cc1cc(NCc2c(C)nc3sccn23)c(C)cc1O. The van der Waals surface area contributed by atoms with E-state index in [-0.39, 0.29) is 0 Å². The number of benzene rings is 1. The Kier molecular flexibility index (Phi) is 3.14. The lowest BCUT2D eigenvalue weighted by atomic mass is 10.1. The molecular formula is C15H17N3OS. The van der Waals surface area contributed by atoms with E-state index in [0.717, 1.165) is 34.0 Å². The topological polar surface area (TPSA) is 49.6 Å². The van der Waals surface area contributed by atoms with Gasteiger partial charge in [0.25, 0.3) is 0 Å². The minimum absolute atomic E-state index is 0.341. The number of nitrogens with zero attached hydrogens (tertiary/aromatic N) is 2. The molecule has 20 heavy (non-hydrogen) atoms. The van der Waals surface area contributed by atoms with Crippen molar-refractivity contribution < 1.29 is 5.11 Å². The monoisotopic (exact) mass is 287 g/mol. The molecule has 104 valence electrons. The molecule has 0 atom stereocenters. The first-order valence-corrected chi connectivity index (χ1v) is 7.39. The number of aromatic hydroxyl groups is 1. The van der Waals surface area contributed by atoms with Crippen LogP contribution >= 0.6 is 11.3 Å². The van der Waals surface area contributed by atoms with E-state index in [1.165, 1.54) is 5.69 Å². The molecule has 0 saturated carbocycles. The number of nitrogens with one attached hydrogen (secondary N) is 1. The molecule has 2 heterocycles. The Balaban J connectivity index is 1.88. The summed E-state index contributed by atoms with van der Waals surface area (Å²) in [7, 11) is 0. The minimum atomic E-state index is 0.341. The third-order valence-corrected chi connectivity index (χ3v) is 4.31. The first kappa shape index (κ1) is 13.0. The fourth-order valence-corrected chi connectivity index (χ4v) is 3.10. The quantitative estimate of drug-likeness (QED) is 0.723. The van der Waals surface area contributed by atoms with E-state index >= 15 is 0 Å². The highest BCUT2D eigenvalue weighted by Gasteiger charge is 2.10. The number of phenols is 1. The second kappa shape index (κ2) is 4.83. The lowest BCUT2D eigenvalue weighted by molar-refractivity contribution is 0.471. The molecule has 0 amide bonds. The molecule has 1 aromatic carbocycles. The van der Waals surface area contributed by atoms with Crippen LogP contribution in [0.5, 0.6) is 5.75 Å². The Labute approximate surface area is 121 Å². The number of hydrogen-bond donors (Lipinski definition) is 2. The molecule has 2 aromatic heterocycles. The van der Waals surface area contributed by atoms with Crippen molar-refractivity contribution in [2.75, 3.05) is 5.32 Å². The van der Waals surface area contributed by atoms with Crippen LogP contribution in [0.4, 0.5) is 5.69 Å². The van der Waals surface area contributed by atoms with E-state index in [0.29, 0.717) is 5.75 Å². The summed E-state index contributed by atoms with van der Waals surface area (Å²) in [5, 5.41) is 15.2. The average molecular weight is 287 g/mol. The molecular weight excluding hydrogens is 270 g/mol. The molecule has 0 fully saturated rings. The number of hydrogen-bond acceptors (Lipinski definition) is 4. The van der Waals surface area contributed by atoms with Crippen molar-refractivity contribution >= 4 is 22.0 Å². The van der Waals surface area contributed by atoms with E-state index in [4.69, 9.17) is 0 Å². The van der Waals surface area contributed by atoms with Gasteiger partial charge in [-0.25, -0.2) is 4.98 Å². The van der Waals surface area contributed by atoms with Crippen molar-refractivity contribution in [3.05, 3.63) is 46.2 Å². The Morgan fingerprint density at radius 3 is 2.85 bits per heavy atom. The summed E-state index contributed by atoms with van der Waals surface area (Å²) >= 11 is 1.64. The van der Waals surface area contributed by atoms with Crippen molar-refractivity contribution in [3.8, 4) is 5.75 Å². The molecule has 0 aliphatic rings. The Hall–Kier alpha value is -2.01. The normalized spacial score (nSPS) is 11.2. The van der Waals surface area contributed by atoms with Crippen molar-refractivity contribution in [2.24, 2.45) is 0 Å².